The Balaban J connectivity index is 0.733. The highest BCUT2D eigenvalue weighted by Gasteiger charge is 2.48. The third-order valence-corrected chi connectivity index (χ3v) is 19.8. The Bertz CT molecular complexity index is 4130. The predicted octanol–water partition coefficient (Wildman–Crippen LogP) is 14.7. The first-order chi connectivity index (χ1) is 40.6. The molecule has 0 amide bonds. The summed E-state index contributed by atoms with van der Waals surface area (Å²) in [6, 6.07) is 55.5. The number of hydrogen-bond acceptors (Lipinski definition) is 9. The number of piperidine rings is 1. The predicted molar refractivity (Wildman–Crippen MR) is 330 cm³/mol. The maximum absolute atomic E-state index is 14.7. The first-order valence-corrected chi connectivity index (χ1v) is 30.4. The number of nitrogens with zero attached hydrogens (tertiary/aromatic N) is 4. The summed E-state index contributed by atoms with van der Waals surface area (Å²) in [6.45, 7) is 6.10. The molecule has 1 aliphatic heterocycles. The van der Waals surface area contributed by atoms with Crippen LogP contribution in [0.15, 0.2) is 162 Å². The molecular weight excluding hydrogens is 1070 g/mol. The van der Waals surface area contributed by atoms with Gasteiger partial charge in [0.15, 0.2) is 0 Å². The smallest absolute Gasteiger partial charge is 0.340 e. The van der Waals surface area contributed by atoms with Crippen LogP contribution in [0.1, 0.15) is 102 Å². The van der Waals surface area contributed by atoms with Crippen LogP contribution in [0.4, 0.5) is 0 Å². The molecule has 15 rings (SSSR count). The molecule has 0 radical (unpaired) electrons. The van der Waals surface area contributed by atoms with Gasteiger partial charge in [0.2, 0.25) is 0 Å². The van der Waals surface area contributed by atoms with E-state index >= 15 is 0 Å². The molecule has 0 bridgehead atoms. The first-order valence-electron chi connectivity index (χ1n) is 29.2. The minimum atomic E-state index is -0.942. The third-order valence-electron chi connectivity index (χ3n) is 18.6. The van der Waals surface area contributed by atoms with E-state index in [0.717, 1.165) is 90.8 Å². The minimum absolute atomic E-state index is 0.00755. The van der Waals surface area contributed by atoms with Gasteiger partial charge < -0.3 is 14.2 Å². The number of hydrogen-bond donors (Lipinski definition) is 0. The van der Waals surface area contributed by atoms with Crippen molar-refractivity contribution in [2.45, 2.75) is 89.5 Å². The summed E-state index contributed by atoms with van der Waals surface area (Å²) in [5.74, 6) is 0.864. The summed E-state index contributed by atoms with van der Waals surface area (Å²) in [6.07, 6.45) is 6.54. The molecule has 1 saturated heterocycles. The molecule has 4 heterocycles. The van der Waals surface area contributed by atoms with Gasteiger partial charge >= 0.3 is 5.97 Å². The second kappa shape index (κ2) is 20.7. The Morgan fingerprint density at radius 2 is 1.22 bits per heavy atom. The van der Waals surface area contributed by atoms with E-state index in [1.807, 2.05) is 32.0 Å². The molecule has 412 valence electrons. The number of fused-ring (bicyclic) bond motifs is 11. The number of thiophene rings is 1. The number of benzene rings is 7. The van der Waals surface area contributed by atoms with Gasteiger partial charge in [-0.1, -0.05) is 139 Å². The van der Waals surface area contributed by atoms with Crippen LogP contribution in [0.3, 0.4) is 0 Å². The summed E-state index contributed by atoms with van der Waals surface area (Å²) >= 11 is 8.06. The lowest BCUT2D eigenvalue weighted by atomic mass is 9.72. The largest absolute Gasteiger partial charge is 0.491 e. The average molecular weight is 1130 g/mol. The van der Waals surface area contributed by atoms with Gasteiger partial charge in [0, 0.05) is 51.9 Å². The van der Waals surface area contributed by atoms with Crippen LogP contribution in [0, 0.1) is 13.8 Å². The lowest BCUT2D eigenvalue weighted by Crippen LogP contribution is -2.49. The lowest BCUT2D eigenvalue weighted by molar-refractivity contribution is -0.0773. The van der Waals surface area contributed by atoms with E-state index in [4.69, 9.17) is 35.8 Å². The van der Waals surface area contributed by atoms with Crippen LogP contribution < -0.4 is 10.3 Å². The number of carbonyl (C=O) groups excluding carboxylic acids is 1. The second-order valence-electron chi connectivity index (χ2n) is 23.1. The topological polar surface area (TPSA) is 95.8 Å². The van der Waals surface area contributed by atoms with Crippen molar-refractivity contribution in [3.8, 4) is 50.3 Å². The molecule has 1 fully saturated rings. The van der Waals surface area contributed by atoms with Crippen molar-refractivity contribution in [1.82, 2.24) is 19.4 Å². The van der Waals surface area contributed by atoms with Gasteiger partial charge in [0.1, 0.15) is 23.8 Å². The van der Waals surface area contributed by atoms with E-state index in [-0.39, 0.29) is 24.3 Å². The van der Waals surface area contributed by atoms with E-state index in [9.17, 15) is 9.59 Å². The molecular formula is C72H61ClN4O5S. The highest BCUT2D eigenvalue weighted by Crippen LogP contribution is 2.55. The Morgan fingerprint density at radius 1 is 0.651 bits per heavy atom. The lowest BCUT2D eigenvalue weighted by Gasteiger charge is -2.45. The van der Waals surface area contributed by atoms with Gasteiger partial charge in [-0.25, -0.2) is 9.78 Å². The highest BCUT2D eigenvalue weighted by atomic mass is 35.5. The molecule has 7 aromatic carbocycles. The fourth-order valence-corrected chi connectivity index (χ4v) is 15.9. The van der Waals surface area contributed by atoms with Crippen LogP contribution in [0.5, 0.6) is 5.75 Å². The molecule has 0 saturated carbocycles. The maximum Gasteiger partial charge on any atom is 0.340 e. The van der Waals surface area contributed by atoms with E-state index in [2.05, 4.69) is 132 Å². The van der Waals surface area contributed by atoms with Gasteiger partial charge in [0.25, 0.3) is 5.56 Å². The van der Waals surface area contributed by atoms with Crippen LogP contribution >= 0.6 is 22.9 Å². The van der Waals surface area contributed by atoms with Crippen LogP contribution in [0.2, 0.25) is 5.02 Å². The van der Waals surface area contributed by atoms with Crippen molar-refractivity contribution >= 4 is 39.1 Å². The van der Waals surface area contributed by atoms with E-state index < -0.39 is 11.6 Å². The van der Waals surface area contributed by atoms with Crippen molar-refractivity contribution in [3.05, 3.63) is 251 Å². The summed E-state index contributed by atoms with van der Waals surface area (Å²) in [5.41, 5.74) is 23.8. The molecule has 10 aromatic rings. The minimum Gasteiger partial charge on any atom is -0.491 e. The van der Waals surface area contributed by atoms with Crippen molar-refractivity contribution in [2.75, 3.05) is 26.8 Å². The molecule has 4 aliphatic carbocycles. The van der Waals surface area contributed by atoms with Crippen molar-refractivity contribution in [1.29, 1.82) is 0 Å². The molecule has 1 atom stereocenters. The quantitative estimate of drug-likeness (QED) is 0.0882. The van der Waals surface area contributed by atoms with Gasteiger partial charge in [-0.3, -0.25) is 19.2 Å². The fraction of sp³-hybridized carbons (Fsp3) is 0.250. The van der Waals surface area contributed by atoms with Gasteiger partial charge in [0.05, 0.1) is 41.2 Å². The SMILES string of the molecule is COC(=O)c1csc2c(-c3cc(Cl)ccc3OCCn3c(C)nc4c(c3=O)CC(N3CCC(OC(c5cccc6c5Cc5ccccc5-6)(c5cccc6c5Cc5ccccc5-6)c5cccc6c5Cc5ccccc5-6)CC3)CC4)cc(C)nc12. The number of pyridine rings is 1. The number of rotatable bonds is 12. The Morgan fingerprint density at radius 3 is 1.80 bits per heavy atom. The number of aromatic nitrogens is 3. The van der Waals surface area contributed by atoms with Gasteiger partial charge in [-0.05, 0) is 173 Å². The molecule has 5 aliphatic rings. The van der Waals surface area contributed by atoms with Crippen molar-refractivity contribution in [3.63, 3.8) is 0 Å². The summed E-state index contributed by atoms with van der Waals surface area (Å²) in [5, 5.41) is 2.33. The standard InChI is InChI=1S/C72H61ClN4O5S/c1-42-35-60(69-68(74-42)62(41-83-69)71(79)80-3)59-39-47(73)25-28-67(59)81-34-33-77-43(2)75-66-27-26-48(40-61(66)70(77)78)76-31-29-49(30-32-76)82-72(63-22-10-19-53-50-16-7-4-13-44(50)36-56(53)63,64-23-11-20-54-51-17-8-5-14-45(51)37-57(54)64)65-24-12-21-55-52-18-9-6-15-46(52)38-58(55)65/h4-25,28,35,39,41,48-49H,26-27,29-34,36-38,40H2,1-3H3. The molecule has 9 nitrogen and oxygen atoms in total. The Kier molecular flexibility index (Phi) is 12.9. The highest BCUT2D eigenvalue weighted by molar-refractivity contribution is 7.18. The van der Waals surface area contributed by atoms with Gasteiger partial charge in [-0.2, -0.15) is 0 Å². The maximum atomic E-state index is 14.7. The number of esters is 1. The normalized spacial score (nSPS) is 16.0. The van der Waals surface area contributed by atoms with E-state index in [1.165, 1.54) is 102 Å². The number of likely N-dealkylation sites (tertiary alicyclic amines) is 1. The van der Waals surface area contributed by atoms with Crippen molar-refractivity contribution < 1.29 is 19.0 Å². The summed E-state index contributed by atoms with van der Waals surface area (Å²) in [7, 11) is 1.37. The third kappa shape index (κ3) is 8.62. The second-order valence-corrected chi connectivity index (χ2v) is 24.4. The average Bonchev–Trinajstić information content (AvgIpc) is 3.51. The van der Waals surface area contributed by atoms with Gasteiger partial charge in [-0.15, -0.1) is 11.3 Å². The van der Waals surface area contributed by atoms with Crippen LogP contribution in [-0.2, 0) is 53.7 Å². The van der Waals surface area contributed by atoms with Crippen molar-refractivity contribution in [2.24, 2.45) is 0 Å². The molecule has 0 spiro atoms. The Labute approximate surface area is 492 Å². The van der Waals surface area contributed by atoms with E-state index in [1.54, 1.807) is 16.0 Å². The summed E-state index contributed by atoms with van der Waals surface area (Å²) in [4.78, 5) is 39.8. The first kappa shape index (κ1) is 51.9. The number of halogens is 1. The molecule has 0 N–H and O–H groups in total. The molecule has 1 unspecified atom stereocenters. The number of aryl methyl sites for hydroxylation is 3. The molecule has 3 aromatic heterocycles. The zero-order chi connectivity index (χ0) is 56.1. The number of methoxy groups -OCH3 is 1. The van der Waals surface area contributed by atoms with Crippen LogP contribution in [0.25, 0.3) is 54.7 Å². The van der Waals surface area contributed by atoms with Crippen LogP contribution in [-0.4, -0.2) is 64.4 Å². The number of carbonyl (C=O) groups is 1. The molecule has 11 heteroatoms. The van der Waals surface area contributed by atoms with E-state index in [0.29, 0.717) is 40.6 Å². The monoisotopic (exact) mass is 1130 g/mol. The zero-order valence-corrected chi connectivity index (χ0v) is 48.3. The zero-order valence-electron chi connectivity index (χ0n) is 46.8. The Hall–Kier alpha value is -7.99. The fourth-order valence-electron chi connectivity index (χ4n) is 14.8. The molecule has 83 heavy (non-hydrogen) atoms. The number of ether oxygens (including phenoxy) is 3. The summed E-state index contributed by atoms with van der Waals surface area (Å²) < 4.78 is 22.6.